The Morgan fingerprint density at radius 1 is 1.15 bits per heavy atom. The van der Waals surface area contributed by atoms with Crippen molar-refractivity contribution in [3.05, 3.63) is 83.5 Å². The molecule has 10 nitrogen and oxygen atoms in total. The van der Waals surface area contributed by atoms with Crippen molar-refractivity contribution in [1.82, 2.24) is 10.2 Å². The first-order valence-electron chi connectivity index (χ1n) is 12.0. The molecule has 4 rings (SSSR count). The molecule has 2 aromatic rings. The highest BCUT2D eigenvalue weighted by molar-refractivity contribution is 6.49. The molecule has 0 saturated carbocycles. The molecule has 2 aliphatic heterocycles. The number of aryl methyl sites for hydroxylation is 1. The van der Waals surface area contributed by atoms with Gasteiger partial charge in [0.25, 0.3) is 5.91 Å². The van der Waals surface area contributed by atoms with Crippen molar-refractivity contribution >= 4 is 34.8 Å². The van der Waals surface area contributed by atoms with Gasteiger partial charge in [-0.2, -0.15) is 18.2 Å². The molecule has 204 valence electrons. The summed E-state index contributed by atoms with van der Waals surface area (Å²) < 4.78 is 39.1. The van der Waals surface area contributed by atoms with Crippen LogP contribution in [0.2, 0.25) is 0 Å². The molecule has 0 atom stereocenters. The van der Waals surface area contributed by atoms with Gasteiger partial charge in [0.15, 0.2) is 5.84 Å². The van der Waals surface area contributed by atoms with Crippen LogP contribution in [0.3, 0.4) is 0 Å². The summed E-state index contributed by atoms with van der Waals surface area (Å²) >= 11 is 0. The third kappa shape index (κ3) is 6.44. The van der Waals surface area contributed by atoms with E-state index >= 15 is 0 Å². The summed E-state index contributed by atoms with van der Waals surface area (Å²) in [5.74, 6) is 0.0528. The number of hydrogen-bond acceptors (Lipinski definition) is 9. The predicted octanol–water partition coefficient (Wildman–Crippen LogP) is 3.02. The first-order valence-corrected chi connectivity index (χ1v) is 12.0. The van der Waals surface area contributed by atoms with Gasteiger partial charge in [0.05, 0.1) is 5.56 Å². The van der Waals surface area contributed by atoms with E-state index in [2.05, 4.69) is 37.5 Å². The molecule has 0 spiro atoms. The smallest absolute Gasteiger partial charge is 0.383 e. The van der Waals surface area contributed by atoms with Crippen LogP contribution in [-0.2, 0) is 6.18 Å². The fourth-order valence-corrected chi connectivity index (χ4v) is 3.95. The predicted molar refractivity (Wildman–Crippen MR) is 147 cm³/mol. The third-order valence-corrected chi connectivity index (χ3v) is 5.99. The molecular weight excluding hydrogens is 511 g/mol. The molecule has 2 aliphatic rings. The summed E-state index contributed by atoms with van der Waals surface area (Å²) in [5, 5.41) is 8.83. The number of halogens is 3. The van der Waals surface area contributed by atoms with E-state index in [1.54, 1.807) is 19.1 Å². The summed E-state index contributed by atoms with van der Waals surface area (Å²) in [6.45, 7) is 8.33. The average Bonchev–Trinajstić information content (AvgIpc) is 2.91. The van der Waals surface area contributed by atoms with Gasteiger partial charge in [-0.25, -0.2) is 4.99 Å². The fraction of sp³-hybridized carbons (Fsp3) is 0.231. The first-order chi connectivity index (χ1) is 18.6. The van der Waals surface area contributed by atoms with Crippen molar-refractivity contribution in [3.63, 3.8) is 0 Å². The van der Waals surface area contributed by atoms with E-state index in [1.807, 2.05) is 4.90 Å². The van der Waals surface area contributed by atoms with E-state index < -0.39 is 17.6 Å². The number of alkyl halides is 3. The summed E-state index contributed by atoms with van der Waals surface area (Å²) in [4.78, 5) is 28.0. The minimum absolute atomic E-state index is 0.0172. The number of amides is 1. The maximum Gasteiger partial charge on any atom is 0.416 e. The number of nitrogens with two attached hydrogens (primary N) is 2. The van der Waals surface area contributed by atoms with Gasteiger partial charge in [-0.15, -0.1) is 0 Å². The van der Waals surface area contributed by atoms with Crippen LogP contribution in [0.25, 0.3) is 0 Å². The number of aliphatic imine (C=N–C) groups is 3. The molecule has 0 aromatic heterocycles. The quantitative estimate of drug-likeness (QED) is 0.395. The summed E-state index contributed by atoms with van der Waals surface area (Å²) in [6, 6.07) is 9.20. The standard InChI is InChI=1S/C26H28F3N9O/c1-3-33-20-21(36-25(37-22(20)30)38-11-9-32-10-12-38)23(31)35-19-13-16(8-7-15(19)2)24(39)34-18-6-4-5-17(14-18)26(27,28)29/h3-8,13-14,32,35H,1,9-12,31H2,2H3,(H,34,39)(H2,30,36,37)/b23-21-,33-20+. The number of rotatable bonds is 5. The molecule has 2 aromatic carbocycles. The number of hydrogen-bond donors (Lipinski definition) is 5. The zero-order chi connectivity index (χ0) is 28.2. The Hall–Kier alpha value is -4.65. The van der Waals surface area contributed by atoms with Gasteiger partial charge < -0.3 is 32.3 Å². The number of piperazine rings is 1. The molecule has 1 fully saturated rings. The second-order valence-electron chi connectivity index (χ2n) is 8.76. The lowest BCUT2D eigenvalue weighted by Crippen LogP contribution is -2.48. The van der Waals surface area contributed by atoms with Crippen LogP contribution in [-0.4, -0.2) is 54.5 Å². The van der Waals surface area contributed by atoms with Crippen LogP contribution in [0.1, 0.15) is 21.5 Å². The minimum atomic E-state index is -4.53. The van der Waals surface area contributed by atoms with E-state index in [1.165, 1.54) is 24.4 Å². The zero-order valence-corrected chi connectivity index (χ0v) is 21.1. The highest BCUT2D eigenvalue weighted by Gasteiger charge is 2.30. The molecule has 0 radical (unpaired) electrons. The number of benzene rings is 2. The topological polar surface area (TPSA) is 146 Å². The molecular formula is C26H28F3N9O. The number of guanidine groups is 1. The van der Waals surface area contributed by atoms with Gasteiger partial charge in [-0.05, 0) is 42.8 Å². The van der Waals surface area contributed by atoms with Crippen LogP contribution in [0.15, 0.2) is 81.7 Å². The summed E-state index contributed by atoms with van der Waals surface area (Å²) in [7, 11) is 0. The molecule has 0 bridgehead atoms. The van der Waals surface area contributed by atoms with E-state index in [-0.39, 0.29) is 34.3 Å². The molecule has 13 heteroatoms. The molecule has 0 unspecified atom stereocenters. The van der Waals surface area contributed by atoms with E-state index in [0.29, 0.717) is 24.7 Å². The minimum Gasteiger partial charge on any atom is -0.383 e. The zero-order valence-electron chi connectivity index (χ0n) is 21.1. The Labute approximate surface area is 223 Å². The van der Waals surface area contributed by atoms with Crippen molar-refractivity contribution in [2.75, 3.05) is 36.8 Å². The average molecular weight is 540 g/mol. The van der Waals surface area contributed by atoms with E-state index in [0.717, 1.165) is 30.8 Å². The largest absolute Gasteiger partial charge is 0.416 e. The lowest BCUT2D eigenvalue weighted by molar-refractivity contribution is -0.137. The van der Waals surface area contributed by atoms with Gasteiger partial charge in [-0.1, -0.05) is 18.7 Å². The van der Waals surface area contributed by atoms with E-state index in [9.17, 15) is 18.0 Å². The van der Waals surface area contributed by atoms with Gasteiger partial charge >= 0.3 is 6.18 Å². The summed E-state index contributed by atoms with van der Waals surface area (Å²) in [6.07, 6.45) is -3.22. The maximum atomic E-state index is 13.0. The van der Waals surface area contributed by atoms with Gasteiger partial charge in [-0.3, -0.25) is 9.79 Å². The lowest BCUT2D eigenvalue weighted by Gasteiger charge is -2.30. The van der Waals surface area contributed by atoms with Crippen LogP contribution in [0.4, 0.5) is 24.5 Å². The Bertz CT molecular complexity index is 1400. The fourth-order valence-electron chi connectivity index (χ4n) is 3.95. The van der Waals surface area contributed by atoms with Crippen molar-refractivity contribution < 1.29 is 18.0 Å². The molecule has 1 amide bonds. The molecule has 1 saturated heterocycles. The van der Waals surface area contributed by atoms with Crippen molar-refractivity contribution in [2.45, 2.75) is 13.1 Å². The number of anilines is 2. The number of carbonyl (C=O) groups is 1. The highest BCUT2D eigenvalue weighted by atomic mass is 19.4. The SMILES string of the molecule is C=C/N=C1/C(N)=NC(N2CCNCC2)=N/C1=C(/N)Nc1cc(C(=O)Nc2cccc(C(F)(F)F)c2)ccc1C. The van der Waals surface area contributed by atoms with Crippen LogP contribution < -0.4 is 27.4 Å². The van der Waals surface area contributed by atoms with Gasteiger partial charge in [0.2, 0.25) is 5.96 Å². The van der Waals surface area contributed by atoms with Crippen LogP contribution in [0, 0.1) is 6.92 Å². The monoisotopic (exact) mass is 539 g/mol. The van der Waals surface area contributed by atoms with Crippen LogP contribution >= 0.6 is 0 Å². The highest BCUT2D eigenvalue weighted by Crippen LogP contribution is 2.31. The number of amidine groups is 1. The third-order valence-electron chi connectivity index (χ3n) is 5.99. The van der Waals surface area contributed by atoms with Gasteiger partial charge in [0.1, 0.15) is 17.2 Å². The van der Waals surface area contributed by atoms with Crippen molar-refractivity contribution in [3.8, 4) is 0 Å². The normalized spacial score (nSPS) is 18.3. The number of nitrogens with one attached hydrogen (secondary N) is 3. The molecule has 0 aliphatic carbocycles. The Balaban J connectivity index is 1.62. The Kier molecular flexibility index (Phi) is 8.00. The Morgan fingerprint density at radius 2 is 1.90 bits per heavy atom. The second-order valence-corrected chi connectivity index (χ2v) is 8.76. The van der Waals surface area contributed by atoms with Crippen molar-refractivity contribution in [1.29, 1.82) is 0 Å². The van der Waals surface area contributed by atoms with Gasteiger partial charge in [0, 0.05) is 49.3 Å². The molecule has 39 heavy (non-hydrogen) atoms. The second kappa shape index (κ2) is 11.4. The molecule has 2 heterocycles. The van der Waals surface area contributed by atoms with Crippen molar-refractivity contribution in [2.24, 2.45) is 26.4 Å². The van der Waals surface area contributed by atoms with Crippen LogP contribution in [0.5, 0.6) is 0 Å². The molecule has 7 N–H and O–H groups in total. The number of carbonyl (C=O) groups excluding carboxylic acids is 1. The van der Waals surface area contributed by atoms with E-state index in [4.69, 9.17) is 11.5 Å². The lowest BCUT2D eigenvalue weighted by atomic mass is 10.1. The first kappa shape index (κ1) is 27.4. The maximum absolute atomic E-state index is 13.0. The number of nitrogens with zero attached hydrogens (tertiary/aromatic N) is 4. The Morgan fingerprint density at radius 3 is 2.59 bits per heavy atom. The summed E-state index contributed by atoms with van der Waals surface area (Å²) in [5.41, 5.74) is 13.7.